The van der Waals surface area contributed by atoms with Gasteiger partial charge in [0.1, 0.15) is 5.75 Å². The van der Waals surface area contributed by atoms with Gasteiger partial charge in [-0.3, -0.25) is 9.59 Å². The molecular formula is C17H16BrNO4. The van der Waals surface area contributed by atoms with Crippen LogP contribution in [-0.4, -0.2) is 26.4 Å². The molecule has 2 aromatic carbocycles. The topological polar surface area (TPSA) is 64.6 Å². The summed E-state index contributed by atoms with van der Waals surface area (Å²) >= 11 is 3.35. The van der Waals surface area contributed by atoms with Gasteiger partial charge in [0.25, 0.3) is 0 Å². The lowest BCUT2D eigenvalue weighted by molar-refractivity contribution is -0.119. The summed E-state index contributed by atoms with van der Waals surface area (Å²) in [6, 6.07) is 10.4. The first kappa shape index (κ1) is 17.0. The zero-order chi connectivity index (χ0) is 16.8. The molecule has 120 valence electrons. The Kier molecular flexibility index (Phi) is 5.76. The molecule has 0 radical (unpaired) electrons. The van der Waals surface area contributed by atoms with E-state index in [1.165, 1.54) is 7.11 Å². The lowest BCUT2D eigenvalue weighted by Crippen LogP contribution is -2.19. The van der Waals surface area contributed by atoms with Gasteiger partial charge in [0.15, 0.2) is 17.8 Å². The van der Waals surface area contributed by atoms with Crippen LogP contribution in [-0.2, 0) is 11.2 Å². The van der Waals surface area contributed by atoms with Crippen LogP contribution in [0.25, 0.3) is 0 Å². The van der Waals surface area contributed by atoms with E-state index in [9.17, 15) is 9.59 Å². The van der Waals surface area contributed by atoms with Crippen molar-refractivity contribution in [1.29, 1.82) is 0 Å². The van der Waals surface area contributed by atoms with Crippen molar-refractivity contribution in [2.45, 2.75) is 6.42 Å². The number of halogens is 1. The van der Waals surface area contributed by atoms with Crippen molar-refractivity contribution in [3.05, 3.63) is 52.0 Å². The predicted molar refractivity (Wildman–Crippen MR) is 90.4 cm³/mol. The van der Waals surface area contributed by atoms with Gasteiger partial charge in [0.05, 0.1) is 19.1 Å². The number of ether oxygens (including phenoxy) is 2. The van der Waals surface area contributed by atoms with Crippen LogP contribution < -0.4 is 14.8 Å². The van der Waals surface area contributed by atoms with Crippen LogP contribution in [0.2, 0.25) is 0 Å². The van der Waals surface area contributed by atoms with E-state index in [0.29, 0.717) is 22.8 Å². The summed E-state index contributed by atoms with van der Waals surface area (Å²) in [5, 5.41) is 2.57. The summed E-state index contributed by atoms with van der Waals surface area (Å²) < 4.78 is 11.9. The van der Waals surface area contributed by atoms with E-state index in [-0.39, 0.29) is 12.3 Å². The summed E-state index contributed by atoms with van der Waals surface area (Å²) in [4.78, 5) is 22.7. The summed E-state index contributed by atoms with van der Waals surface area (Å²) in [6.45, 7) is 0. The highest BCUT2D eigenvalue weighted by molar-refractivity contribution is 9.10. The molecule has 0 aliphatic rings. The minimum atomic E-state index is -0.0999. The van der Waals surface area contributed by atoms with E-state index in [0.717, 1.165) is 16.3 Å². The Morgan fingerprint density at radius 1 is 1.17 bits per heavy atom. The van der Waals surface area contributed by atoms with Gasteiger partial charge in [-0.05, 0) is 35.9 Å². The average Bonchev–Trinajstić information content (AvgIpc) is 2.55. The molecule has 1 amide bonds. The SMILES string of the molecule is CNC(=O)Cc1ccc(OC)c(Oc2cc(Br)ccc2C=O)c1. The zero-order valence-corrected chi connectivity index (χ0v) is 14.3. The van der Waals surface area contributed by atoms with Gasteiger partial charge >= 0.3 is 0 Å². The fourth-order valence-electron chi connectivity index (χ4n) is 2.00. The first-order chi connectivity index (χ1) is 11.1. The van der Waals surface area contributed by atoms with Crippen LogP contribution in [0.5, 0.6) is 17.2 Å². The number of benzene rings is 2. The summed E-state index contributed by atoms with van der Waals surface area (Å²) in [5.41, 5.74) is 1.20. The minimum Gasteiger partial charge on any atom is -0.493 e. The predicted octanol–water partition coefficient (Wildman–Crippen LogP) is 3.35. The molecular weight excluding hydrogens is 362 g/mol. The number of hydrogen-bond acceptors (Lipinski definition) is 4. The van der Waals surface area contributed by atoms with Crippen molar-refractivity contribution < 1.29 is 19.1 Å². The van der Waals surface area contributed by atoms with Gasteiger partial charge in [-0.1, -0.05) is 22.0 Å². The molecule has 1 N–H and O–H groups in total. The summed E-state index contributed by atoms with van der Waals surface area (Å²) in [6.07, 6.45) is 0.957. The third-order valence-corrected chi connectivity index (χ3v) is 3.69. The number of hydrogen-bond donors (Lipinski definition) is 1. The fraction of sp³-hybridized carbons (Fsp3) is 0.176. The largest absolute Gasteiger partial charge is 0.493 e. The van der Waals surface area contributed by atoms with Crippen LogP contribution >= 0.6 is 15.9 Å². The van der Waals surface area contributed by atoms with E-state index in [1.807, 2.05) is 0 Å². The smallest absolute Gasteiger partial charge is 0.224 e. The third-order valence-electron chi connectivity index (χ3n) is 3.19. The quantitative estimate of drug-likeness (QED) is 0.783. The van der Waals surface area contributed by atoms with Gasteiger partial charge < -0.3 is 14.8 Å². The van der Waals surface area contributed by atoms with E-state index in [4.69, 9.17) is 9.47 Å². The van der Waals surface area contributed by atoms with E-state index in [2.05, 4.69) is 21.2 Å². The average molecular weight is 378 g/mol. The van der Waals surface area contributed by atoms with Crippen molar-refractivity contribution in [2.24, 2.45) is 0 Å². The number of methoxy groups -OCH3 is 1. The second-order valence-corrected chi connectivity index (χ2v) is 5.65. The molecule has 0 unspecified atom stereocenters. The molecule has 5 nitrogen and oxygen atoms in total. The number of carbonyl (C=O) groups is 2. The number of rotatable bonds is 6. The van der Waals surface area contributed by atoms with Gasteiger partial charge in [0, 0.05) is 11.5 Å². The van der Waals surface area contributed by atoms with Crippen LogP contribution in [0.4, 0.5) is 0 Å². The minimum absolute atomic E-state index is 0.0999. The molecule has 0 atom stereocenters. The van der Waals surface area contributed by atoms with Gasteiger partial charge in [-0.15, -0.1) is 0 Å². The molecule has 0 heterocycles. The van der Waals surface area contributed by atoms with E-state index >= 15 is 0 Å². The Balaban J connectivity index is 2.37. The summed E-state index contributed by atoms with van der Waals surface area (Å²) in [5.74, 6) is 1.26. The zero-order valence-electron chi connectivity index (χ0n) is 12.8. The maximum atomic E-state index is 11.5. The highest BCUT2D eigenvalue weighted by Crippen LogP contribution is 2.35. The van der Waals surface area contributed by atoms with Crippen molar-refractivity contribution in [2.75, 3.05) is 14.2 Å². The maximum absolute atomic E-state index is 11.5. The molecule has 0 spiro atoms. The van der Waals surface area contributed by atoms with Crippen LogP contribution in [0.15, 0.2) is 40.9 Å². The number of carbonyl (C=O) groups excluding carboxylic acids is 2. The monoisotopic (exact) mass is 377 g/mol. The fourth-order valence-corrected chi connectivity index (χ4v) is 2.34. The first-order valence-corrected chi connectivity index (χ1v) is 7.66. The highest BCUT2D eigenvalue weighted by Gasteiger charge is 2.12. The van der Waals surface area contributed by atoms with Crippen LogP contribution in [0.1, 0.15) is 15.9 Å². The lowest BCUT2D eigenvalue weighted by Gasteiger charge is -2.13. The number of amides is 1. The lowest BCUT2D eigenvalue weighted by atomic mass is 10.1. The second-order valence-electron chi connectivity index (χ2n) is 4.74. The number of nitrogens with one attached hydrogen (secondary N) is 1. The van der Waals surface area contributed by atoms with E-state index in [1.54, 1.807) is 43.4 Å². The molecule has 0 aliphatic carbocycles. The molecule has 0 aromatic heterocycles. The molecule has 2 rings (SSSR count). The Morgan fingerprint density at radius 2 is 1.96 bits per heavy atom. The highest BCUT2D eigenvalue weighted by atomic mass is 79.9. The number of likely N-dealkylation sites (N-methyl/N-ethyl adjacent to an activating group) is 1. The first-order valence-electron chi connectivity index (χ1n) is 6.87. The molecule has 23 heavy (non-hydrogen) atoms. The Hall–Kier alpha value is -2.34. The Labute approximate surface area is 142 Å². The Bertz CT molecular complexity index is 731. The second kappa shape index (κ2) is 7.78. The molecule has 0 saturated carbocycles. The van der Waals surface area contributed by atoms with Crippen molar-refractivity contribution in [3.8, 4) is 17.2 Å². The molecule has 2 aromatic rings. The third kappa shape index (κ3) is 4.32. The maximum Gasteiger partial charge on any atom is 0.224 e. The van der Waals surface area contributed by atoms with Crippen LogP contribution in [0.3, 0.4) is 0 Å². The van der Waals surface area contributed by atoms with E-state index < -0.39 is 0 Å². The Morgan fingerprint density at radius 3 is 2.61 bits per heavy atom. The standard InChI is InChI=1S/C17H16BrNO4/c1-19-17(21)8-11-3-6-14(22-2)16(7-11)23-15-9-13(18)5-4-12(15)10-20/h3-7,9-10H,8H2,1-2H3,(H,19,21). The van der Waals surface area contributed by atoms with Crippen molar-refractivity contribution >= 4 is 28.1 Å². The molecule has 0 aliphatic heterocycles. The van der Waals surface area contributed by atoms with Gasteiger partial charge in [-0.2, -0.15) is 0 Å². The van der Waals surface area contributed by atoms with Gasteiger partial charge in [-0.25, -0.2) is 0 Å². The molecule has 0 fully saturated rings. The van der Waals surface area contributed by atoms with Crippen molar-refractivity contribution in [3.63, 3.8) is 0 Å². The normalized spacial score (nSPS) is 10.0. The van der Waals surface area contributed by atoms with Crippen LogP contribution in [0, 0.1) is 0 Å². The van der Waals surface area contributed by atoms with Crippen molar-refractivity contribution in [1.82, 2.24) is 5.32 Å². The molecule has 0 bridgehead atoms. The number of aldehydes is 1. The summed E-state index contributed by atoms with van der Waals surface area (Å²) in [7, 11) is 3.11. The molecule has 6 heteroatoms. The van der Waals surface area contributed by atoms with Gasteiger partial charge in [0.2, 0.25) is 5.91 Å². The molecule has 0 saturated heterocycles.